The number of nitrogens with two attached hydrogens (primary N) is 1. The second kappa shape index (κ2) is 6.32. The standard InChI is InChI=1S/C19H19N3O2/c1-19(10-7-14(23)8-11-19)9-6-13-12-16(21-22-18(13)20)15-4-2-3-5-17(15)24/h2-5,12,24H,7-8,10-11H2,1H3,(H2,20,22). The van der Waals surface area contributed by atoms with Crippen molar-refractivity contribution in [2.75, 3.05) is 5.73 Å². The lowest BCUT2D eigenvalue weighted by Gasteiger charge is -2.27. The van der Waals surface area contributed by atoms with Gasteiger partial charge in [0.05, 0.1) is 11.3 Å². The van der Waals surface area contributed by atoms with Crippen LogP contribution in [0.4, 0.5) is 5.82 Å². The SMILES string of the molecule is CC1(C#Cc2cc(-c3ccccc3O)nnc2N)CCC(=O)CC1. The fourth-order valence-corrected chi connectivity index (χ4v) is 2.75. The second-order valence-corrected chi connectivity index (χ2v) is 6.39. The minimum atomic E-state index is -0.182. The molecule has 0 saturated heterocycles. The number of para-hydroxylation sites is 1. The zero-order valence-electron chi connectivity index (χ0n) is 13.5. The number of phenols is 1. The van der Waals surface area contributed by atoms with Crippen LogP contribution in [-0.4, -0.2) is 21.1 Å². The van der Waals surface area contributed by atoms with E-state index in [1.54, 1.807) is 24.3 Å². The van der Waals surface area contributed by atoms with Gasteiger partial charge in [0.15, 0.2) is 5.82 Å². The van der Waals surface area contributed by atoms with Gasteiger partial charge in [0.2, 0.25) is 0 Å². The van der Waals surface area contributed by atoms with Crippen molar-refractivity contribution in [1.29, 1.82) is 0 Å². The third-order valence-corrected chi connectivity index (χ3v) is 4.41. The van der Waals surface area contributed by atoms with Crippen LogP contribution < -0.4 is 5.73 Å². The predicted octanol–water partition coefficient (Wildman–Crippen LogP) is 2.93. The van der Waals surface area contributed by atoms with Crippen LogP contribution in [0.15, 0.2) is 30.3 Å². The molecule has 24 heavy (non-hydrogen) atoms. The van der Waals surface area contributed by atoms with Crippen LogP contribution in [0.5, 0.6) is 5.75 Å². The number of hydrogen-bond donors (Lipinski definition) is 2. The molecule has 5 heteroatoms. The molecular formula is C19H19N3O2. The molecule has 1 aromatic heterocycles. The van der Waals surface area contributed by atoms with E-state index in [4.69, 9.17) is 5.73 Å². The zero-order chi connectivity index (χ0) is 17.2. The highest BCUT2D eigenvalue weighted by molar-refractivity contribution is 5.79. The summed E-state index contributed by atoms with van der Waals surface area (Å²) in [7, 11) is 0. The van der Waals surface area contributed by atoms with Crippen molar-refractivity contribution in [3.05, 3.63) is 35.9 Å². The number of hydrogen-bond acceptors (Lipinski definition) is 5. The molecule has 0 amide bonds. The third kappa shape index (κ3) is 3.38. The summed E-state index contributed by atoms with van der Waals surface area (Å²) >= 11 is 0. The van der Waals surface area contributed by atoms with Crippen LogP contribution in [-0.2, 0) is 4.79 Å². The highest BCUT2D eigenvalue weighted by Gasteiger charge is 2.28. The number of nitrogen functional groups attached to an aromatic ring is 1. The molecule has 3 rings (SSSR count). The highest BCUT2D eigenvalue weighted by atomic mass is 16.3. The minimum absolute atomic E-state index is 0.133. The Morgan fingerprint density at radius 2 is 1.92 bits per heavy atom. The summed E-state index contributed by atoms with van der Waals surface area (Å²) in [5.41, 5.74) is 7.41. The lowest BCUT2D eigenvalue weighted by molar-refractivity contribution is -0.121. The van der Waals surface area contributed by atoms with Gasteiger partial charge in [-0.2, -0.15) is 0 Å². The first kappa shape index (κ1) is 16.0. The molecule has 1 aromatic carbocycles. The predicted molar refractivity (Wildman–Crippen MR) is 92.0 cm³/mol. The van der Waals surface area contributed by atoms with Gasteiger partial charge in [0.1, 0.15) is 11.5 Å². The van der Waals surface area contributed by atoms with E-state index in [0.29, 0.717) is 35.4 Å². The molecule has 1 aliphatic rings. The number of nitrogens with zero attached hydrogens (tertiary/aromatic N) is 2. The number of carbonyl (C=O) groups is 1. The molecule has 2 aromatic rings. The van der Waals surface area contributed by atoms with Crippen LogP contribution in [0, 0.1) is 17.3 Å². The van der Waals surface area contributed by atoms with Crippen molar-refractivity contribution < 1.29 is 9.90 Å². The Morgan fingerprint density at radius 3 is 2.62 bits per heavy atom. The fraction of sp³-hybridized carbons (Fsp3) is 0.316. The van der Waals surface area contributed by atoms with Gasteiger partial charge in [0, 0.05) is 23.8 Å². The molecule has 1 aliphatic carbocycles. The van der Waals surface area contributed by atoms with Gasteiger partial charge in [-0.05, 0) is 38.0 Å². The first-order valence-corrected chi connectivity index (χ1v) is 7.93. The summed E-state index contributed by atoms with van der Waals surface area (Å²) in [6.07, 6.45) is 2.70. The topological polar surface area (TPSA) is 89.1 Å². The summed E-state index contributed by atoms with van der Waals surface area (Å²) in [5.74, 6) is 7.05. The average Bonchev–Trinajstić information content (AvgIpc) is 2.58. The molecule has 0 aliphatic heterocycles. The minimum Gasteiger partial charge on any atom is -0.507 e. The van der Waals surface area contributed by atoms with E-state index in [-0.39, 0.29) is 17.0 Å². The Labute approximate surface area is 140 Å². The van der Waals surface area contributed by atoms with E-state index in [9.17, 15) is 9.90 Å². The maximum absolute atomic E-state index is 11.4. The first-order chi connectivity index (χ1) is 11.5. The summed E-state index contributed by atoms with van der Waals surface area (Å²) in [4.78, 5) is 11.4. The molecule has 0 atom stereocenters. The quantitative estimate of drug-likeness (QED) is 0.788. The van der Waals surface area contributed by atoms with Gasteiger partial charge in [-0.1, -0.05) is 24.0 Å². The number of ketones is 1. The molecule has 3 N–H and O–H groups in total. The maximum atomic E-state index is 11.4. The Morgan fingerprint density at radius 1 is 1.21 bits per heavy atom. The van der Waals surface area contributed by atoms with E-state index in [0.717, 1.165) is 12.8 Å². The number of anilines is 1. The molecule has 1 saturated carbocycles. The molecule has 1 heterocycles. The van der Waals surface area contributed by atoms with Crippen molar-refractivity contribution >= 4 is 11.6 Å². The van der Waals surface area contributed by atoms with E-state index in [1.165, 1.54) is 0 Å². The molecule has 1 fully saturated rings. The molecule has 0 radical (unpaired) electrons. The Kier molecular flexibility index (Phi) is 4.22. The van der Waals surface area contributed by atoms with Crippen molar-refractivity contribution in [2.45, 2.75) is 32.6 Å². The number of aromatic hydroxyl groups is 1. The van der Waals surface area contributed by atoms with Crippen molar-refractivity contribution in [3.63, 3.8) is 0 Å². The molecule has 122 valence electrons. The first-order valence-electron chi connectivity index (χ1n) is 7.93. The van der Waals surface area contributed by atoms with E-state index in [2.05, 4.69) is 29.0 Å². The van der Waals surface area contributed by atoms with Gasteiger partial charge in [0.25, 0.3) is 0 Å². The maximum Gasteiger partial charge on any atom is 0.161 e. The van der Waals surface area contributed by atoms with Crippen LogP contribution in [0.1, 0.15) is 38.2 Å². The Hall–Kier alpha value is -2.87. The van der Waals surface area contributed by atoms with Crippen molar-refractivity contribution in [2.24, 2.45) is 5.41 Å². The molecule has 0 unspecified atom stereocenters. The number of phenolic OH excluding ortho intramolecular Hbond substituents is 1. The zero-order valence-corrected chi connectivity index (χ0v) is 13.5. The highest BCUT2D eigenvalue weighted by Crippen LogP contribution is 2.34. The van der Waals surface area contributed by atoms with Gasteiger partial charge in [-0.15, -0.1) is 10.2 Å². The van der Waals surface area contributed by atoms with E-state index >= 15 is 0 Å². The monoisotopic (exact) mass is 321 g/mol. The largest absolute Gasteiger partial charge is 0.507 e. The number of aromatic nitrogens is 2. The van der Waals surface area contributed by atoms with Crippen LogP contribution >= 0.6 is 0 Å². The number of Topliss-reactive ketones (excluding diaryl/α,β-unsaturated/α-hetero) is 1. The molecule has 5 nitrogen and oxygen atoms in total. The van der Waals surface area contributed by atoms with Crippen molar-refractivity contribution in [1.82, 2.24) is 10.2 Å². The smallest absolute Gasteiger partial charge is 0.161 e. The number of benzene rings is 1. The van der Waals surface area contributed by atoms with E-state index < -0.39 is 0 Å². The Balaban J connectivity index is 1.93. The van der Waals surface area contributed by atoms with E-state index in [1.807, 2.05) is 6.07 Å². The van der Waals surface area contributed by atoms with Crippen LogP contribution in [0.2, 0.25) is 0 Å². The lowest BCUT2D eigenvalue weighted by Crippen LogP contribution is -2.22. The molecular weight excluding hydrogens is 302 g/mol. The lowest BCUT2D eigenvalue weighted by atomic mass is 9.76. The third-order valence-electron chi connectivity index (χ3n) is 4.41. The van der Waals surface area contributed by atoms with Gasteiger partial charge < -0.3 is 10.8 Å². The molecule has 0 spiro atoms. The van der Waals surface area contributed by atoms with Gasteiger partial charge >= 0.3 is 0 Å². The second-order valence-electron chi connectivity index (χ2n) is 6.39. The van der Waals surface area contributed by atoms with Crippen LogP contribution in [0.25, 0.3) is 11.3 Å². The average molecular weight is 321 g/mol. The molecule has 0 bridgehead atoms. The Bertz CT molecular complexity index is 839. The summed E-state index contributed by atoms with van der Waals surface area (Å²) in [5, 5.41) is 18.0. The number of carbonyl (C=O) groups excluding carboxylic acids is 1. The summed E-state index contributed by atoms with van der Waals surface area (Å²) in [6, 6.07) is 8.66. The summed E-state index contributed by atoms with van der Waals surface area (Å²) in [6.45, 7) is 2.07. The normalized spacial score (nSPS) is 16.3. The van der Waals surface area contributed by atoms with Gasteiger partial charge in [-0.3, -0.25) is 4.79 Å². The fourth-order valence-electron chi connectivity index (χ4n) is 2.75. The number of rotatable bonds is 1. The summed E-state index contributed by atoms with van der Waals surface area (Å²) < 4.78 is 0. The van der Waals surface area contributed by atoms with Crippen LogP contribution in [0.3, 0.4) is 0 Å². The van der Waals surface area contributed by atoms with Crippen molar-refractivity contribution in [3.8, 4) is 28.8 Å². The van der Waals surface area contributed by atoms with Gasteiger partial charge in [-0.25, -0.2) is 0 Å².